The summed E-state index contributed by atoms with van der Waals surface area (Å²) in [6.07, 6.45) is 1.68. The van der Waals surface area contributed by atoms with E-state index in [1.165, 1.54) is 0 Å². The topological polar surface area (TPSA) is 98.0 Å². The summed E-state index contributed by atoms with van der Waals surface area (Å²) in [5.74, 6) is -0.437. The molecule has 0 aliphatic carbocycles. The van der Waals surface area contributed by atoms with Gasteiger partial charge in [0, 0.05) is 22.7 Å². The van der Waals surface area contributed by atoms with E-state index in [9.17, 15) is 9.59 Å². The van der Waals surface area contributed by atoms with Crippen LogP contribution in [0.25, 0.3) is 21.8 Å². The Morgan fingerprint density at radius 1 is 1.22 bits per heavy atom. The zero-order chi connectivity index (χ0) is 16.4. The Hall–Kier alpha value is -2.29. The number of anilines is 1. The quantitative estimate of drug-likeness (QED) is 0.222. The first kappa shape index (κ1) is 15.6. The van der Waals surface area contributed by atoms with Gasteiger partial charge in [-0.05, 0) is 24.3 Å². The molecule has 23 heavy (non-hydrogen) atoms. The number of alkyl halides is 1. The molecule has 3 aromatic rings. The van der Waals surface area contributed by atoms with E-state index in [1.807, 2.05) is 40.8 Å². The van der Waals surface area contributed by atoms with Crippen LogP contribution >= 0.6 is 22.6 Å². The lowest BCUT2D eigenvalue weighted by molar-refractivity contribution is -0.118. The van der Waals surface area contributed by atoms with Gasteiger partial charge in [0.2, 0.25) is 5.91 Å². The van der Waals surface area contributed by atoms with Crippen LogP contribution in [0.4, 0.5) is 5.69 Å². The molecule has 0 atom stereocenters. The van der Waals surface area contributed by atoms with Gasteiger partial charge in [0.25, 0.3) is 0 Å². The summed E-state index contributed by atoms with van der Waals surface area (Å²) in [6, 6.07) is 8.94. The van der Waals surface area contributed by atoms with Gasteiger partial charge in [-0.15, -0.1) is 0 Å². The van der Waals surface area contributed by atoms with E-state index in [0.29, 0.717) is 21.1 Å². The lowest BCUT2D eigenvalue weighted by Crippen LogP contribution is -2.30. The Balaban J connectivity index is 2.05. The number of nitrogens with two attached hydrogens (primary N) is 1. The standard InChI is InChI=1S/C16H13IN4O2/c17-7-14(23)20-8-13(22)12-4-3-10-11(18)6-9-2-1-5-19-15(9)16(10)21-12/h1-6H,7-8,18H2,(H,20,23). The Morgan fingerprint density at radius 2 is 2.04 bits per heavy atom. The van der Waals surface area contributed by atoms with E-state index in [0.717, 1.165) is 10.8 Å². The average Bonchev–Trinajstić information content (AvgIpc) is 2.59. The summed E-state index contributed by atoms with van der Waals surface area (Å²) in [7, 11) is 0. The molecular weight excluding hydrogens is 407 g/mol. The zero-order valence-corrected chi connectivity index (χ0v) is 14.2. The molecule has 0 fully saturated rings. The summed E-state index contributed by atoms with van der Waals surface area (Å²) in [5, 5.41) is 4.17. The van der Waals surface area contributed by atoms with Gasteiger partial charge in [-0.25, -0.2) is 4.98 Å². The van der Waals surface area contributed by atoms with Gasteiger partial charge < -0.3 is 11.1 Å². The minimum absolute atomic E-state index is 0.0754. The second-order valence-electron chi connectivity index (χ2n) is 4.97. The number of hydrogen-bond acceptors (Lipinski definition) is 5. The molecule has 0 saturated carbocycles. The number of rotatable bonds is 4. The fraction of sp³-hybridized carbons (Fsp3) is 0.125. The van der Waals surface area contributed by atoms with Crippen LogP contribution < -0.4 is 11.1 Å². The zero-order valence-electron chi connectivity index (χ0n) is 12.0. The average molecular weight is 420 g/mol. The van der Waals surface area contributed by atoms with Gasteiger partial charge in [-0.2, -0.15) is 0 Å². The van der Waals surface area contributed by atoms with Gasteiger partial charge in [-0.1, -0.05) is 28.7 Å². The second-order valence-corrected chi connectivity index (χ2v) is 5.73. The summed E-state index contributed by atoms with van der Waals surface area (Å²) in [6.45, 7) is -0.0754. The van der Waals surface area contributed by atoms with Crippen molar-refractivity contribution < 1.29 is 9.59 Å². The number of carbonyl (C=O) groups is 2. The van der Waals surface area contributed by atoms with Crippen molar-refractivity contribution in [3.05, 3.63) is 42.2 Å². The maximum atomic E-state index is 12.2. The summed E-state index contributed by atoms with van der Waals surface area (Å²) in [5.41, 5.74) is 8.21. The van der Waals surface area contributed by atoms with E-state index in [4.69, 9.17) is 5.73 Å². The highest BCUT2D eigenvalue weighted by Crippen LogP contribution is 2.27. The molecule has 2 heterocycles. The number of amides is 1. The highest BCUT2D eigenvalue weighted by Gasteiger charge is 2.13. The van der Waals surface area contributed by atoms with Gasteiger partial charge in [0.05, 0.1) is 22.0 Å². The normalized spacial score (nSPS) is 10.8. The summed E-state index contributed by atoms with van der Waals surface area (Å²) < 4.78 is 0.307. The molecular formula is C16H13IN4O2. The minimum atomic E-state index is -0.253. The van der Waals surface area contributed by atoms with Crippen molar-refractivity contribution in [3.8, 4) is 0 Å². The molecule has 0 aliphatic heterocycles. The van der Waals surface area contributed by atoms with E-state index in [2.05, 4.69) is 15.3 Å². The Morgan fingerprint density at radius 3 is 2.83 bits per heavy atom. The molecule has 0 aliphatic rings. The van der Waals surface area contributed by atoms with Crippen LogP contribution in [-0.4, -0.2) is 32.6 Å². The van der Waals surface area contributed by atoms with Crippen LogP contribution in [0.3, 0.4) is 0 Å². The predicted octanol–water partition coefficient (Wildman–Crippen LogP) is 2.10. The smallest absolute Gasteiger partial charge is 0.230 e. The second kappa shape index (κ2) is 6.45. The first-order valence-electron chi connectivity index (χ1n) is 6.90. The van der Waals surface area contributed by atoms with Crippen molar-refractivity contribution in [2.24, 2.45) is 0 Å². The summed E-state index contributed by atoms with van der Waals surface area (Å²) >= 11 is 1.94. The number of nitrogens with one attached hydrogen (secondary N) is 1. The van der Waals surface area contributed by atoms with Crippen LogP contribution in [-0.2, 0) is 4.79 Å². The number of fused-ring (bicyclic) bond motifs is 3. The predicted molar refractivity (Wildman–Crippen MR) is 97.7 cm³/mol. The molecule has 0 spiro atoms. The van der Waals surface area contributed by atoms with Gasteiger partial charge in [0.15, 0.2) is 5.78 Å². The molecule has 7 heteroatoms. The molecule has 0 saturated heterocycles. The molecule has 1 aromatic carbocycles. The molecule has 6 nitrogen and oxygen atoms in total. The number of halogens is 1. The van der Waals surface area contributed by atoms with Crippen molar-refractivity contribution in [2.45, 2.75) is 0 Å². The molecule has 3 N–H and O–H groups in total. The maximum Gasteiger partial charge on any atom is 0.230 e. The number of hydrogen-bond donors (Lipinski definition) is 2. The van der Waals surface area contributed by atoms with Crippen molar-refractivity contribution in [1.29, 1.82) is 0 Å². The Bertz CT molecular complexity index is 926. The Labute approximate surface area is 145 Å². The highest BCUT2D eigenvalue weighted by molar-refractivity contribution is 14.1. The van der Waals surface area contributed by atoms with Crippen molar-refractivity contribution in [2.75, 3.05) is 16.7 Å². The van der Waals surface area contributed by atoms with Crippen molar-refractivity contribution >= 4 is 61.8 Å². The van der Waals surface area contributed by atoms with Gasteiger partial charge >= 0.3 is 0 Å². The minimum Gasteiger partial charge on any atom is -0.398 e. The number of nitrogen functional groups attached to an aromatic ring is 1. The van der Waals surface area contributed by atoms with Crippen LogP contribution in [0, 0.1) is 0 Å². The van der Waals surface area contributed by atoms with Crippen molar-refractivity contribution in [3.63, 3.8) is 0 Å². The molecule has 0 bridgehead atoms. The van der Waals surface area contributed by atoms with Crippen LogP contribution in [0.2, 0.25) is 0 Å². The molecule has 0 unspecified atom stereocenters. The number of nitrogens with zero attached hydrogens (tertiary/aromatic N) is 2. The molecule has 116 valence electrons. The third-order valence-corrected chi connectivity index (χ3v) is 4.13. The van der Waals surface area contributed by atoms with Crippen LogP contribution in [0.5, 0.6) is 0 Å². The number of ketones is 1. The lowest BCUT2D eigenvalue weighted by atomic mass is 10.1. The van der Waals surface area contributed by atoms with E-state index in [1.54, 1.807) is 18.3 Å². The number of aromatic nitrogens is 2. The number of pyridine rings is 2. The largest absolute Gasteiger partial charge is 0.398 e. The third-order valence-electron chi connectivity index (χ3n) is 3.43. The lowest BCUT2D eigenvalue weighted by Gasteiger charge is -2.08. The number of Topliss-reactive ketones (excluding diaryl/α,β-unsaturated/α-hetero) is 1. The SMILES string of the molecule is Nc1cc2cccnc2c2nc(C(=O)CNC(=O)CI)ccc12. The fourth-order valence-corrected chi connectivity index (χ4v) is 2.59. The van der Waals surface area contributed by atoms with E-state index >= 15 is 0 Å². The maximum absolute atomic E-state index is 12.2. The number of benzene rings is 1. The third kappa shape index (κ3) is 3.09. The highest BCUT2D eigenvalue weighted by atomic mass is 127. The molecule has 0 radical (unpaired) electrons. The molecule has 1 amide bonds. The van der Waals surface area contributed by atoms with Gasteiger partial charge in [-0.3, -0.25) is 14.6 Å². The fourth-order valence-electron chi connectivity index (χ4n) is 2.32. The first-order valence-corrected chi connectivity index (χ1v) is 8.42. The first-order chi connectivity index (χ1) is 11.1. The van der Waals surface area contributed by atoms with E-state index < -0.39 is 0 Å². The molecule has 2 aromatic heterocycles. The monoisotopic (exact) mass is 420 g/mol. The van der Waals surface area contributed by atoms with Crippen molar-refractivity contribution in [1.82, 2.24) is 15.3 Å². The van der Waals surface area contributed by atoms with Crippen LogP contribution in [0.15, 0.2) is 36.5 Å². The molecule has 3 rings (SSSR count). The number of carbonyl (C=O) groups excluding carboxylic acids is 2. The van der Waals surface area contributed by atoms with Crippen LogP contribution in [0.1, 0.15) is 10.5 Å². The summed E-state index contributed by atoms with van der Waals surface area (Å²) in [4.78, 5) is 32.2. The van der Waals surface area contributed by atoms with Gasteiger partial charge in [0.1, 0.15) is 5.69 Å². The van der Waals surface area contributed by atoms with E-state index in [-0.39, 0.29) is 23.9 Å². The Kier molecular flexibility index (Phi) is 4.37.